The summed E-state index contributed by atoms with van der Waals surface area (Å²) in [4.78, 5) is 9.08. The van der Waals surface area contributed by atoms with Crippen LogP contribution in [0.2, 0.25) is 0 Å². The summed E-state index contributed by atoms with van der Waals surface area (Å²) in [5.74, 6) is 1.28. The molecule has 0 aliphatic rings. The molecule has 0 spiro atoms. The molecule has 0 radical (unpaired) electrons. The van der Waals surface area contributed by atoms with Gasteiger partial charge in [-0.15, -0.1) is 0 Å². The van der Waals surface area contributed by atoms with Crippen LogP contribution in [0.15, 0.2) is 24.4 Å². The minimum Gasteiger partial charge on any atom is -0.330 e. The zero-order chi connectivity index (χ0) is 14.7. The van der Waals surface area contributed by atoms with E-state index >= 15 is 0 Å². The molecule has 1 aromatic heterocycles. The van der Waals surface area contributed by atoms with Crippen molar-refractivity contribution in [3.05, 3.63) is 46.9 Å². The zero-order valence-electron chi connectivity index (χ0n) is 12.8. The van der Waals surface area contributed by atoms with Crippen LogP contribution in [-0.4, -0.2) is 16.5 Å². The summed E-state index contributed by atoms with van der Waals surface area (Å²) in [5, 5.41) is 0. The normalized spacial score (nSPS) is 12.4. The van der Waals surface area contributed by atoms with Crippen molar-refractivity contribution in [3.8, 4) is 11.3 Å². The molecule has 3 nitrogen and oxygen atoms in total. The van der Waals surface area contributed by atoms with E-state index in [0.29, 0.717) is 12.5 Å². The SMILES string of the molecule is Cc1cc(C)c(-c2ccnc(CC(C)CN)n2)c(C)c1. The molecule has 106 valence electrons. The van der Waals surface area contributed by atoms with Gasteiger partial charge >= 0.3 is 0 Å². The van der Waals surface area contributed by atoms with Crippen LogP contribution >= 0.6 is 0 Å². The molecule has 2 aromatic rings. The van der Waals surface area contributed by atoms with Crippen molar-refractivity contribution in [1.82, 2.24) is 9.97 Å². The summed E-state index contributed by atoms with van der Waals surface area (Å²) in [5.41, 5.74) is 11.7. The summed E-state index contributed by atoms with van der Waals surface area (Å²) in [6, 6.07) is 6.39. The number of benzene rings is 1. The molecular weight excluding hydrogens is 246 g/mol. The maximum absolute atomic E-state index is 5.68. The number of aryl methyl sites for hydroxylation is 3. The van der Waals surface area contributed by atoms with Crippen molar-refractivity contribution in [3.63, 3.8) is 0 Å². The second-order valence-corrected chi connectivity index (χ2v) is 5.68. The van der Waals surface area contributed by atoms with Gasteiger partial charge in [-0.05, 0) is 50.4 Å². The molecule has 0 amide bonds. The lowest BCUT2D eigenvalue weighted by Crippen LogP contribution is -2.14. The third kappa shape index (κ3) is 3.23. The Morgan fingerprint density at radius 3 is 2.40 bits per heavy atom. The van der Waals surface area contributed by atoms with Crippen LogP contribution in [0.4, 0.5) is 0 Å². The molecule has 0 aliphatic heterocycles. The minimum absolute atomic E-state index is 0.408. The largest absolute Gasteiger partial charge is 0.330 e. The van der Waals surface area contributed by atoms with Crippen molar-refractivity contribution < 1.29 is 0 Å². The van der Waals surface area contributed by atoms with E-state index in [1.54, 1.807) is 0 Å². The number of rotatable bonds is 4. The monoisotopic (exact) mass is 269 g/mol. The average Bonchev–Trinajstić information content (AvgIpc) is 2.37. The summed E-state index contributed by atoms with van der Waals surface area (Å²) in [6.07, 6.45) is 2.67. The smallest absolute Gasteiger partial charge is 0.129 e. The molecule has 0 saturated carbocycles. The van der Waals surface area contributed by atoms with Crippen LogP contribution in [0.1, 0.15) is 29.4 Å². The Bertz CT molecular complexity index is 582. The third-order valence-electron chi connectivity index (χ3n) is 3.57. The Morgan fingerprint density at radius 1 is 1.15 bits per heavy atom. The Balaban J connectivity index is 2.41. The first-order valence-corrected chi connectivity index (χ1v) is 7.11. The summed E-state index contributed by atoms with van der Waals surface area (Å²) in [6.45, 7) is 9.19. The molecule has 1 unspecified atom stereocenters. The highest BCUT2D eigenvalue weighted by Crippen LogP contribution is 2.26. The number of aromatic nitrogens is 2. The van der Waals surface area contributed by atoms with Crippen molar-refractivity contribution in [2.24, 2.45) is 11.7 Å². The molecule has 1 heterocycles. The number of hydrogen-bond donors (Lipinski definition) is 1. The van der Waals surface area contributed by atoms with Gasteiger partial charge in [-0.25, -0.2) is 9.97 Å². The molecule has 0 aliphatic carbocycles. The van der Waals surface area contributed by atoms with Gasteiger partial charge in [-0.3, -0.25) is 0 Å². The van der Waals surface area contributed by atoms with Crippen LogP contribution in [0, 0.1) is 26.7 Å². The molecule has 2 rings (SSSR count). The van der Waals surface area contributed by atoms with E-state index in [1.807, 2.05) is 12.3 Å². The maximum atomic E-state index is 5.68. The van der Waals surface area contributed by atoms with Crippen LogP contribution in [-0.2, 0) is 6.42 Å². The summed E-state index contributed by atoms with van der Waals surface area (Å²) in [7, 11) is 0. The first-order chi connectivity index (χ1) is 9.51. The van der Waals surface area contributed by atoms with Gasteiger partial charge in [0, 0.05) is 18.2 Å². The Morgan fingerprint density at radius 2 is 1.80 bits per heavy atom. The molecule has 1 atom stereocenters. The highest BCUT2D eigenvalue weighted by molar-refractivity contribution is 5.67. The molecule has 1 aromatic carbocycles. The lowest BCUT2D eigenvalue weighted by Gasteiger charge is -2.12. The molecule has 0 saturated heterocycles. The molecule has 2 N–H and O–H groups in total. The second kappa shape index (κ2) is 6.14. The third-order valence-corrected chi connectivity index (χ3v) is 3.57. The predicted molar refractivity (Wildman–Crippen MR) is 83.6 cm³/mol. The van der Waals surface area contributed by atoms with Crippen LogP contribution in [0.5, 0.6) is 0 Å². The molecule has 3 heteroatoms. The van der Waals surface area contributed by atoms with E-state index < -0.39 is 0 Å². The Labute approximate surface area is 121 Å². The highest BCUT2D eigenvalue weighted by atomic mass is 14.9. The lowest BCUT2D eigenvalue weighted by molar-refractivity contribution is 0.574. The topological polar surface area (TPSA) is 51.8 Å². The van der Waals surface area contributed by atoms with Gasteiger partial charge < -0.3 is 5.73 Å². The standard InChI is InChI=1S/C17H23N3/c1-11-7-13(3)17(14(4)8-11)15-5-6-19-16(20-15)9-12(2)10-18/h5-8,12H,9-10,18H2,1-4H3. The fraction of sp³-hybridized carbons (Fsp3) is 0.412. The van der Waals surface area contributed by atoms with E-state index in [-0.39, 0.29) is 0 Å². The quantitative estimate of drug-likeness (QED) is 0.927. The van der Waals surface area contributed by atoms with Gasteiger partial charge in [0.1, 0.15) is 5.82 Å². The first-order valence-electron chi connectivity index (χ1n) is 7.11. The van der Waals surface area contributed by atoms with Gasteiger partial charge in [0.25, 0.3) is 0 Å². The average molecular weight is 269 g/mol. The van der Waals surface area contributed by atoms with Crippen molar-refractivity contribution in [1.29, 1.82) is 0 Å². The minimum atomic E-state index is 0.408. The Hall–Kier alpha value is -1.74. The van der Waals surface area contributed by atoms with Gasteiger partial charge in [-0.1, -0.05) is 24.6 Å². The summed E-state index contributed by atoms with van der Waals surface area (Å²) < 4.78 is 0. The molecule has 20 heavy (non-hydrogen) atoms. The van der Waals surface area contributed by atoms with Gasteiger partial charge in [0.2, 0.25) is 0 Å². The fourth-order valence-electron chi connectivity index (χ4n) is 2.62. The molecule has 0 bridgehead atoms. The fourth-order valence-corrected chi connectivity index (χ4v) is 2.62. The number of nitrogens with zero attached hydrogens (tertiary/aromatic N) is 2. The van der Waals surface area contributed by atoms with Gasteiger partial charge in [-0.2, -0.15) is 0 Å². The summed E-state index contributed by atoms with van der Waals surface area (Å²) >= 11 is 0. The van der Waals surface area contributed by atoms with E-state index in [4.69, 9.17) is 10.7 Å². The maximum Gasteiger partial charge on any atom is 0.129 e. The van der Waals surface area contributed by atoms with Gasteiger partial charge in [0.05, 0.1) is 5.69 Å². The molecular formula is C17H23N3. The second-order valence-electron chi connectivity index (χ2n) is 5.68. The molecule has 0 fully saturated rings. The van der Waals surface area contributed by atoms with Crippen molar-refractivity contribution in [2.75, 3.05) is 6.54 Å². The Kier molecular flexibility index (Phi) is 4.50. The lowest BCUT2D eigenvalue weighted by atomic mass is 9.97. The predicted octanol–water partition coefficient (Wildman–Crippen LogP) is 3.21. The van der Waals surface area contributed by atoms with Crippen molar-refractivity contribution >= 4 is 0 Å². The van der Waals surface area contributed by atoms with E-state index in [0.717, 1.165) is 17.9 Å². The zero-order valence-corrected chi connectivity index (χ0v) is 12.8. The van der Waals surface area contributed by atoms with Crippen molar-refractivity contribution in [2.45, 2.75) is 34.1 Å². The highest BCUT2D eigenvalue weighted by Gasteiger charge is 2.10. The first kappa shape index (κ1) is 14.7. The van der Waals surface area contributed by atoms with Crippen LogP contribution in [0.3, 0.4) is 0 Å². The van der Waals surface area contributed by atoms with E-state index in [1.165, 1.54) is 22.3 Å². The number of nitrogens with two attached hydrogens (primary N) is 1. The number of hydrogen-bond acceptors (Lipinski definition) is 3. The van der Waals surface area contributed by atoms with Crippen LogP contribution in [0.25, 0.3) is 11.3 Å². The van der Waals surface area contributed by atoms with Crippen LogP contribution < -0.4 is 5.73 Å². The van der Waals surface area contributed by atoms with E-state index in [2.05, 4.69) is 44.8 Å². The van der Waals surface area contributed by atoms with Gasteiger partial charge in [0.15, 0.2) is 0 Å². The van der Waals surface area contributed by atoms with E-state index in [9.17, 15) is 0 Å².